The van der Waals surface area contributed by atoms with E-state index >= 15 is 0 Å². The molecule has 1 aliphatic heterocycles. The molecule has 3 aromatic rings. The highest BCUT2D eigenvalue weighted by atomic mass is 35.5. The summed E-state index contributed by atoms with van der Waals surface area (Å²) in [5.41, 5.74) is 0.850. The van der Waals surface area contributed by atoms with Crippen LogP contribution in [0.15, 0.2) is 65.7 Å². The predicted octanol–water partition coefficient (Wildman–Crippen LogP) is 5.08. The van der Waals surface area contributed by atoms with Crippen LogP contribution in [0.2, 0.25) is 10.0 Å². The molecule has 2 heterocycles. The Morgan fingerprint density at radius 3 is 2.43 bits per heavy atom. The Morgan fingerprint density at radius 1 is 1.07 bits per heavy atom. The molecule has 28 heavy (non-hydrogen) atoms. The summed E-state index contributed by atoms with van der Waals surface area (Å²) in [4.78, 5) is 31.2. The van der Waals surface area contributed by atoms with Gasteiger partial charge in [0.05, 0.1) is 11.6 Å². The lowest BCUT2D eigenvalue weighted by Crippen LogP contribution is -2.29. The van der Waals surface area contributed by atoms with Crippen molar-refractivity contribution < 1.29 is 14.7 Å². The van der Waals surface area contributed by atoms with Crippen LogP contribution in [0.5, 0.6) is 0 Å². The van der Waals surface area contributed by atoms with Gasteiger partial charge in [0.15, 0.2) is 5.13 Å². The first-order valence-electron chi connectivity index (χ1n) is 8.20. The van der Waals surface area contributed by atoms with Crippen molar-refractivity contribution in [2.24, 2.45) is 0 Å². The van der Waals surface area contributed by atoms with E-state index in [1.54, 1.807) is 60.1 Å². The minimum Gasteiger partial charge on any atom is -0.507 e. The van der Waals surface area contributed by atoms with Crippen molar-refractivity contribution >= 4 is 57.1 Å². The molecule has 0 radical (unpaired) electrons. The van der Waals surface area contributed by atoms with Gasteiger partial charge in [0.1, 0.15) is 5.76 Å². The molecule has 0 bridgehead atoms. The lowest BCUT2D eigenvalue weighted by molar-refractivity contribution is -0.132. The topological polar surface area (TPSA) is 70.5 Å². The number of aliphatic hydroxyl groups excluding tert-OH is 1. The molecule has 1 saturated heterocycles. The lowest BCUT2D eigenvalue weighted by atomic mass is 9.95. The van der Waals surface area contributed by atoms with Crippen LogP contribution in [-0.4, -0.2) is 21.8 Å². The molecular formula is C20H12Cl2N2O3S. The van der Waals surface area contributed by atoms with E-state index in [0.717, 1.165) is 0 Å². The van der Waals surface area contributed by atoms with E-state index in [1.165, 1.54) is 16.2 Å². The van der Waals surface area contributed by atoms with Gasteiger partial charge in [-0.25, -0.2) is 4.98 Å². The molecule has 1 amide bonds. The van der Waals surface area contributed by atoms with E-state index in [-0.39, 0.29) is 11.3 Å². The van der Waals surface area contributed by atoms with Crippen molar-refractivity contribution in [3.63, 3.8) is 0 Å². The Kier molecular flexibility index (Phi) is 4.93. The average Bonchev–Trinajstić information content (AvgIpc) is 3.30. The Hall–Kier alpha value is -2.67. The first-order valence-corrected chi connectivity index (χ1v) is 9.83. The molecule has 1 N–H and O–H groups in total. The minimum absolute atomic E-state index is 0.0457. The van der Waals surface area contributed by atoms with Crippen molar-refractivity contribution in [3.05, 3.63) is 86.9 Å². The number of halogens is 2. The van der Waals surface area contributed by atoms with E-state index in [1.807, 2.05) is 0 Å². The van der Waals surface area contributed by atoms with Gasteiger partial charge in [0.25, 0.3) is 5.78 Å². The second-order valence-electron chi connectivity index (χ2n) is 6.01. The van der Waals surface area contributed by atoms with E-state index in [0.29, 0.717) is 26.3 Å². The number of ketones is 1. The van der Waals surface area contributed by atoms with Crippen LogP contribution in [0, 0.1) is 0 Å². The summed E-state index contributed by atoms with van der Waals surface area (Å²) in [7, 11) is 0. The molecule has 1 aromatic heterocycles. The zero-order valence-electron chi connectivity index (χ0n) is 14.2. The number of anilines is 1. The smallest absolute Gasteiger partial charge is 0.301 e. The molecule has 2 aromatic carbocycles. The van der Waals surface area contributed by atoms with Gasteiger partial charge in [-0.1, -0.05) is 41.4 Å². The van der Waals surface area contributed by atoms with Gasteiger partial charge >= 0.3 is 5.91 Å². The van der Waals surface area contributed by atoms with Crippen molar-refractivity contribution in [1.29, 1.82) is 0 Å². The number of thiazole rings is 1. The van der Waals surface area contributed by atoms with Gasteiger partial charge in [-0.3, -0.25) is 14.5 Å². The Morgan fingerprint density at radius 2 is 1.79 bits per heavy atom. The summed E-state index contributed by atoms with van der Waals surface area (Å²) in [6, 6.07) is 12.4. The van der Waals surface area contributed by atoms with Gasteiger partial charge in [-0.15, -0.1) is 11.3 Å². The van der Waals surface area contributed by atoms with E-state index < -0.39 is 17.7 Å². The Balaban J connectivity index is 1.96. The zero-order chi connectivity index (χ0) is 19.8. The van der Waals surface area contributed by atoms with Crippen molar-refractivity contribution in [3.8, 4) is 0 Å². The fraction of sp³-hybridized carbons (Fsp3) is 0.0500. The third-order valence-electron chi connectivity index (χ3n) is 4.39. The normalized spacial score (nSPS) is 18.6. The van der Waals surface area contributed by atoms with Crippen molar-refractivity contribution in [2.45, 2.75) is 6.04 Å². The fourth-order valence-electron chi connectivity index (χ4n) is 3.12. The van der Waals surface area contributed by atoms with Crippen LogP contribution in [0.25, 0.3) is 5.76 Å². The van der Waals surface area contributed by atoms with Crippen LogP contribution < -0.4 is 4.90 Å². The maximum Gasteiger partial charge on any atom is 0.301 e. The average molecular weight is 431 g/mol. The molecule has 1 fully saturated rings. The zero-order valence-corrected chi connectivity index (χ0v) is 16.5. The van der Waals surface area contributed by atoms with Crippen LogP contribution in [0.4, 0.5) is 5.13 Å². The number of aromatic nitrogens is 1. The highest BCUT2D eigenvalue weighted by Gasteiger charge is 2.48. The summed E-state index contributed by atoms with van der Waals surface area (Å²) < 4.78 is 0. The number of hydrogen-bond acceptors (Lipinski definition) is 5. The number of nitrogens with zero attached hydrogens (tertiary/aromatic N) is 2. The number of benzene rings is 2. The van der Waals surface area contributed by atoms with Crippen LogP contribution in [0.1, 0.15) is 17.2 Å². The van der Waals surface area contributed by atoms with Crippen molar-refractivity contribution in [2.75, 3.05) is 4.90 Å². The van der Waals surface area contributed by atoms with E-state index in [9.17, 15) is 14.7 Å². The van der Waals surface area contributed by atoms with Gasteiger partial charge < -0.3 is 5.11 Å². The number of rotatable bonds is 3. The van der Waals surface area contributed by atoms with Crippen LogP contribution in [0.3, 0.4) is 0 Å². The predicted molar refractivity (Wildman–Crippen MR) is 110 cm³/mol. The summed E-state index contributed by atoms with van der Waals surface area (Å²) in [6.07, 6.45) is 1.54. The maximum absolute atomic E-state index is 12.9. The number of carbonyl (C=O) groups excluding carboxylic acids is 2. The van der Waals surface area contributed by atoms with Gasteiger partial charge in [0.2, 0.25) is 0 Å². The van der Waals surface area contributed by atoms with Gasteiger partial charge in [0, 0.05) is 27.2 Å². The molecule has 140 valence electrons. The monoisotopic (exact) mass is 430 g/mol. The van der Waals surface area contributed by atoms with Crippen LogP contribution >= 0.6 is 34.5 Å². The minimum atomic E-state index is -0.893. The molecule has 0 spiro atoms. The van der Waals surface area contributed by atoms with Gasteiger partial charge in [-0.2, -0.15) is 0 Å². The lowest BCUT2D eigenvalue weighted by Gasteiger charge is -2.23. The first kappa shape index (κ1) is 18.7. The molecule has 0 aliphatic carbocycles. The fourth-order valence-corrected chi connectivity index (χ4v) is 4.15. The molecule has 0 saturated carbocycles. The Labute approximate surface area is 174 Å². The molecule has 1 aliphatic rings. The standard InChI is InChI=1S/C20H12Cl2N2O3S/c21-12-7-5-11(6-8-12)17(25)15-16(13-3-1-2-4-14(13)22)24(19(27)18(15)26)20-23-9-10-28-20/h1-10,16,25H. The molecule has 1 atom stereocenters. The second kappa shape index (κ2) is 7.39. The summed E-state index contributed by atoms with van der Waals surface area (Å²) in [6.45, 7) is 0. The first-order chi connectivity index (χ1) is 13.5. The number of Topliss-reactive ketones (excluding diaryl/α,β-unsaturated/α-hetero) is 1. The van der Waals surface area contributed by atoms with Crippen LogP contribution in [-0.2, 0) is 9.59 Å². The third-order valence-corrected chi connectivity index (χ3v) is 5.75. The number of carbonyl (C=O) groups is 2. The molecule has 8 heteroatoms. The molecular weight excluding hydrogens is 419 g/mol. The molecule has 5 nitrogen and oxygen atoms in total. The number of hydrogen-bond donors (Lipinski definition) is 1. The SMILES string of the molecule is O=C1C(=O)N(c2nccs2)C(c2ccccc2Cl)C1=C(O)c1ccc(Cl)cc1. The Bertz CT molecular complexity index is 1090. The van der Waals surface area contributed by atoms with E-state index in [2.05, 4.69) is 4.98 Å². The number of amides is 1. The highest BCUT2D eigenvalue weighted by molar-refractivity contribution is 7.14. The van der Waals surface area contributed by atoms with Gasteiger partial charge in [-0.05, 0) is 35.9 Å². The van der Waals surface area contributed by atoms with Crippen molar-refractivity contribution in [1.82, 2.24) is 4.98 Å². The van der Waals surface area contributed by atoms with E-state index in [4.69, 9.17) is 23.2 Å². The second-order valence-corrected chi connectivity index (χ2v) is 7.73. The largest absolute Gasteiger partial charge is 0.507 e. The quantitative estimate of drug-likeness (QED) is 0.357. The summed E-state index contributed by atoms with van der Waals surface area (Å²) in [5.74, 6) is -1.86. The highest BCUT2D eigenvalue weighted by Crippen LogP contribution is 2.44. The summed E-state index contributed by atoms with van der Waals surface area (Å²) in [5, 5.41) is 13.8. The summed E-state index contributed by atoms with van der Waals surface area (Å²) >= 11 is 13.5. The maximum atomic E-state index is 12.9. The third kappa shape index (κ3) is 3.09. The molecule has 4 rings (SSSR count). The molecule has 1 unspecified atom stereocenters. The number of aliphatic hydroxyl groups is 1.